The van der Waals surface area contributed by atoms with Gasteiger partial charge in [-0.1, -0.05) is 18.2 Å². The van der Waals surface area contributed by atoms with Crippen LogP contribution in [0, 0.1) is 5.92 Å². The number of hydrogen-bond acceptors (Lipinski definition) is 9. The first-order chi connectivity index (χ1) is 17.4. The van der Waals surface area contributed by atoms with Crippen LogP contribution in [0.1, 0.15) is 39.2 Å². The summed E-state index contributed by atoms with van der Waals surface area (Å²) in [5.41, 5.74) is 4.63. The van der Waals surface area contributed by atoms with Gasteiger partial charge in [-0.25, -0.2) is 9.78 Å². The van der Waals surface area contributed by atoms with Crippen LogP contribution >= 0.6 is 11.3 Å². The molecule has 1 aliphatic rings. The SMILES string of the molecule is CCOC(=O)C1=C(C)N=C(C)C(C(=O)OCC)C1c1cccc(Nc2nc(-c3ccccn3)cs2)c1. The molecule has 1 aromatic carbocycles. The molecule has 1 N–H and O–H groups in total. The van der Waals surface area contributed by atoms with Gasteiger partial charge in [-0.15, -0.1) is 11.3 Å². The number of hydrogen-bond donors (Lipinski definition) is 1. The normalized spacial score (nSPS) is 17.4. The minimum atomic E-state index is -0.737. The number of aromatic nitrogens is 2. The van der Waals surface area contributed by atoms with Crippen LogP contribution in [0.3, 0.4) is 0 Å². The number of benzene rings is 1. The van der Waals surface area contributed by atoms with Crippen molar-refractivity contribution < 1.29 is 19.1 Å². The van der Waals surface area contributed by atoms with Gasteiger partial charge < -0.3 is 14.8 Å². The molecule has 2 aromatic heterocycles. The van der Waals surface area contributed by atoms with E-state index in [4.69, 9.17) is 9.47 Å². The van der Waals surface area contributed by atoms with Gasteiger partial charge in [-0.05, 0) is 57.5 Å². The maximum Gasteiger partial charge on any atom is 0.336 e. The molecule has 0 spiro atoms. The summed E-state index contributed by atoms with van der Waals surface area (Å²) in [7, 11) is 0. The lowest BCUT2D eigenvalue weighted by atomic mass is 9.75. The molecule has 0 amide bonds. The van der Waals surface area contributed by atoms with Gasteiger partial charge in [0.05, 0.1) is 24.5 Å². The van der Waals surface area contributed by atoms with E-state index in [0.717, 1.165) is 22.6 Å². The number of aliphatic imine (C=N–C) groups is 1. The Kier molecular flexibility index (Phi) is 7.90. The van der Waals surface area contributed by atoms with Gasteiger partial charge in [0.15, 0.2) is 5.13 Å². The molecule has 8 nitrogen and oxygen atoms in total. The molecule has 2 atom stereocenters. The minimum absolute atomic E-state index is 0.222. The summed E-state index contributed by atoms with van der Waals surface area (Å²) in [4.78, 5) is 39.5. The molecule has 1 aliphatic heterocycles. The van der Waals surface area contributed by atoms with E-state index in [-0.39, 0.29) is 13.2 Å². The van der Waals surface area contributed by atoms with Gasteiger partial charge in [-0.2, -0.15) is 0 Å². The van der Waals surface area contributed by atoms with E-state index < -0.39 is 23.8 Å². The van der Waals surface area contributed by atoms with Crippen LogP contribution in [0.15, 0.2) is 70.3 Å². The third-order valence-electron chi connectivity index (χ3n) is 5.79. The summed E-state index contributed by atoms with van der Waals surface area (Å²) < 4.78 is 10.7. The minimum Gasteiger partial charge on any atom is -0.465 e. The number of anilines is 2. The Bertz CT molecular complexity index is 1320. The van der Waals surface area contributed by atoms with Crippen molar-refractivity contribution >= 4 is 39.8 Å². The lowest BCUT2D eigenvalue weighted by Gasteiger charge is -2.31. The molecular formula is C27H28N4O4S. The number of carbonyl (C=O) groups excluding carboxylic acids is 2. The first-order valence-electron chi connectivity index (χ1n) is 11.8. The van der Waals surface area contributed by atoms with Crippen molar-refractivity contribution in [1.82, 2.24) is 9.97 Å². The highest BCUT2D eigenvalue weighted by Crippen LogP contribution is 2.41. The van der Waals surface area contributed by atoms with E-state index in [0.29, 0.717) is 22.1 Å². The van der Waals surface area contributed by atoms with Gasteiger partial charge in [0, 0.05) is 34.6 Å². The molecule has 36 heavy (non-hydrogen) atoms. The molecule has 3 aromatic rings. The maximum absolute atomic E-state index is 13.0. The van der Waals surface area contributed by atoms with Gasteiger partial charge in [0.1, 0.15) is 11.6 Å². The zero-order valence-electron chi connectivity index (χ0n) is 20.6. The number of pyridine rings is 1. The Labute approximate surface area is 214 Å². The Morgan fingerprint density at radius 1 is 1.03 bits per heavy atom. The van der Waals surface area contributed by atoms with Crippen LogP contribution in [0.25, 0.3) is 11.4 Å². The van der Waals surface area contributed by atoms with Crippen LogP contribution in [0.2, 0.25) is 0 Å². The molecule has 0 saturated heterocycles. The quantitative estimate of drug-likeness (QED) is 0.403. The Morgan fingerprint density at radius 2 is 1.83 bits per heavy atom. The van der Waals surface area contributed by atoms with E-state index in [2.05, 4.69) is 20.3 Å². The molecule has 0 saturated carbocycles. The lowest BCUT2D eigenvalue weighted by molar-refractivity contribution is -0.146. The van der Waals surface area contributed by atoms with Crippen molar-refractivity contribution in [2.45, 2.75) is 33.6 Å². The largest absolute Gasteiger partial charge is 0.465 e. The molecule has 0 bridgehead atoms. The van der Waals surface area contributed by atoms with Crippen molar-refractivity contribution in [3.8, 4) is 11.4 Å². The maximum atomic E-state index is 13.0. The fraction of sp³-hybridized carbons (Fsp3) is 0.296. The highest BCUT2D eigenvalue weighted by molar-refractivity contribution is 7.14. The summed E-state index contributed by atoms with van der Waals surface area (Å²) in [5.74, 6) is -2.23. The second-order valence-electron chi connectivity index (χ2n) is 8.18. The molecule has 4 rings (SSSR count). The summed E-state index contributed by atoms with van der Waals surface area (Å²) in [6, 6.07) is 13.3. The average molecular weight is 505 g/mol. The summed E-state index contributed by atoms with van der Waals surface area (Å²) in [6.45, 7) is 7.52. The van der Waals surface area contributed by atoms with E-state index in [9.17, 15) is 9.59 Å². The number of nitrogens with zero attached hydrogens (tertiary/aromatic N) is 3. The van der Waals surface area contributed by atoms with Gasteiger partial charge in [0.2, 0.25) is 0 Å². The number of carbonyl (C=O) groups is 2. The zero-order chi connectivity index (χ0) is 25.7. The van der Waals surface area contributed by atoms with Crippen LogP contribution in [0.4, 0.5) is 10.8 Å². The molecule has 0 radical (unpaired) electrons. The fourth-order valence-electron chi connectivity index (χ4n) is 4.30. The Balaban J connectivity index is 1.70. The first kappa shape index (κ1) is 25.2. The summed E-state index contributed by atoms with van der Waals surface area (Å²) >= 11 is 1.47. The van der Waals surface area contributed by atoms with E-state index in [1.807, 2.05) is 47.8 Å². The Morgan fingerprint density at radius 3 is 2.56 bits per heavy atom. The van der Waals surface area contributed by atoms with Crippen molar-refractivity contribution in [3.05, 3.63) is 70.9 Å². The van der Waals surface area contributed by atoms with Crippen molar-refractivity contribution in [3.63, 3.8) is 0 Å². The first-order valence-corrected chi connectivity index (χ1v) is 12.6. The van der Waals surface area contributed by atoms with Gasteiger partial charge >= 0.3 is 11.9 Å². The second kappa shape index (κ2) is 11.3. The van der Waals surface area contributed by atoms with Crippen LogP contribution < -0.4 is 5.32 Å². The van der Waals surface area contributed by atoms with Gasteiger partial charge in [0.25, 0.3) is 0 Å². The van der Waals surface area contributed by atoms with Crippen molar-refractivity contribution in [2.75, 3.05) is 18.5 Å². The summed E-state index contributed by atoms with van der Waals surface area (Å²) in [6.07, 6.45) is 1.73. The summed E-state index contributed by atoms with van der Waals surface area (Å²) in [5, 5.41) is 5.98. The molecule has 9 heteroatoms. The molecular weight excluding hydrogens is 476 g/mol. The number of ether oxygens (including phenoxy) is 2. The van der Waals surface area contributed by atoms with E-state index in [1.54, 1.807) is 33.9 Å². The predicted octanol–water partition coefficient (Wildman–Crippen LogP) is 5.52. The highest BCUT2D eigenvalue weighted by atomic mass is 32.1. The molecule has 186 valence electrons. The third kappa shape index (κ3) is 5.36. The van der Waals surface area contributed by atoms with Crippen LogP contribution in [0.5, 0.6) is 0 Å². The zero-order valence-corrected chi connectivity index (χ0v) is 21.5. The van der Waals surface area contributed by atoms with E-state index >= 15 is 0 Å². The smallest absolute Gasteiger partial charge is 0.336 e. The topological polar surface area (TPSA) is 103 Å². The van der Waals surface area contributed by atoms with Crippen molar-refractivity contribution in [1.29, 1.82) is 0 Å². The highest BCUT2D eigenvalue weighted by Gasteiger charge is 2.42. The number of esters is 2. The molecule has 2 unspecified atom stereocenters. The predicted molar refractivity (Wildman–Crippen MR) is 140 cm³/mol. The number of thiazole rings is 1. The Hall–Kier alpha value is -3.85. The monoisotopic (exact) mass is 504 g/mol. The van der Waals surface area contributed by atoms with Crippen LogP contribution in [-0.2, 0) is 19.1 Å². The third-order valence-corrected chi connectivity index (χ3v) is 6.55. The standard InChI is InChI=1S/C27H28N4O4S/c1-5-34-25(32)22-16(3)29-17(4)23(26(33)35-6-2)24(22)18-10-9-11-19(14-18)30-27-31-21(15-36-27)20-12-7-8-13-28-20/h7-15,22,24H,5-6H2,1-4H3,(H,30,31). The molecule has 0 aliphatic carbocycles. The molecule has 0 fully saturated rings. The van der Waals surface area contributed by atoms with E-state index in [1.165, 1.54) is 11.3 Å². The van der Waals surface area contributed by atoms with Crippen molar-refractivity contribution in [2.24, 2.45) is 10.9 Å². The number of nitrogens with one attached hydrogen (secondary N) is 1. The second-order valence-corrected chi connectivity index (χ2v) is 9.04. The van der Waals surface area contributed by atoms with Crippen LogP contribution in [-0.4, -0.2) is 40.8 Å². The number of allylic oxidation sites excluding steroid dienone is 1. The van der Waals surface area contributed by atoms with Gasteiger partial charge in [-0.3, -0.25) is 14.8 Å². The average Bonchev–Trinajstić information content (AvgIpc) is 3.33. The fourth-order valence-corrected chi connectivity index (χ4v) is 5.03. The lowest BCUT2D eigenvalue weighted by Crippen LogP contribution is -2.36. The molecule has 3 heterocycles. The number of rotatable bonds is 8.